The molecule has 0 radical (unpaired) electrons. The number of carboxylic acids is 1. The van der Waals surface area contributed by atoms with Crippen molar-refractivity contribution in [1.29, 1.82) is 0 Å². The zero-order valence-electron chi connectivity index (χ0n) is 16.4. The molecule has 0 atom stereocenters. The summed E-state index contributed by atoms with van der Waals surface area (Å²) >= 11 is 0. The molecule has 3 rings (SSSR count). The first-order valence-electron chi connectivity index (χ1n) is 9.62. The van der Waals surface area contributed by atoms with Crippen molar-refractivity contribution in [1.82, 2.24) is 9.29 Å². The molecule has 1 aliphatic rings. The Morgan fingerprint density at radius 3 is 2.53 bits per heavy atom. The summed E-state index contributed by atoms with van der Waals surface area (Å²) in [6.07, 6.45) is 6.03. The molecule has 0 saturated heterocycles. The summed E-state index contributed by atoms with van der Waals surface area (Å²) in [5.74, 6) is -1.48. The molecular weight excluding hydrogens is 410 g/mol. The number of hydrogen-bond donors (Lipinski definition) is 4. The van der Waals surface area contributed by atoms with E-state index in [1.807, 2.05) is 0 Å². The molecule has 1 saturated carbocycles. The Labute approximate surface area is 174 Å². The normalized spacial score (nSPS) is 15.4. The maximum atomic E-state index is 13.3. The number of guanidine groups is 1. The quantitative estimate of drug-likeness (QED) is 0.374. The summed E-state index contributed by atoms with van der Waals surface area (Å²) in [6.45, 7) is -0.484. The molecule has 30 heavy (non-hydrogen) atoms. The van der Waals surface area contributed by atoms with Gasteiger partial charge < -0.3 is 21.7 Å². The number of aromatic nitrogens is 1. The molecule has 2 aromatic rings. The molecule has 11 heteroatoms. The molecule has 0 amide bonds. The molecule has 1 aliphatic carbocycles. The minimum absolute atomic E-state index is 0.0527. The molecule has 162 valence electrons. The van der Waals surface area contributed by atoms with E-state index in [9.17, 15) is 23.4 Å². The number of pyridine rings is 1. The second kappa shape index (κ2) is 8.84. The maximum Gasteiger partial charge on any atom is 0.318 e. The fraction of sp³-hybridized carbons (Fsp3) is 0.421. The number of fused-ring (bicyclic) bond motifs is 1. The maximum absolute atomic E-state index is 13.3. The zero-order chi connectivity index (χ0) is 21.9. The SMILES string of the molecule is NC(N)=Nc1ncc(O)c2ccc(S(=O)(=O)N(CC(=O)O)CC3CCCCC3)cc12. The van der Waals surface area contributed by atoms with Crippen LogP contribution in [0.25, 0.3) is 10.8 Å². The van der Waals surface area contributed by atoms with Crippen LogP contribution >= 0.6 is 0 Å². The summed E-state index contributed by atoms with van der Waals surface area (Å²) in [5.41, 5.74) is 10.8. The van der Waals surface area contributed by atoms with Crippen molar-refractivity contribution >= 4 is 38.5 Å². The number of nitrogens with two attached hydrogens (primary N) is 2. The second-order valence-electron chi connectivity index (χ2n) is 7.41. The lowest BCUT2D eigenvalue weighted by molar-refractivity contribution is -0.137. The lowest BCUT2D eigenvalue weighted by atomic mass is 9.89. The highest BCUT2D eigenvalue weighted by atomic mass is 32.2. The highest BCUT2D eigenvalue weighted by Gasteiger charge is 2.30. The van der Waals surface area contributed by atoms with Crippen LogP contribution in [0.5, 0.6) is 5.75 Å². The van der Waals surface area contributed by atoms with E-state index in [-0.39, 0.29) is 40.3 Å². The molecule has 0 bridgehead atoms. The number of hydrogen-bond acceptors (Lipinski definition) is 6. The van der Waals surface area contributed by atoms with Gasteiger partial charge in [0.25, 0.3) is 0 Å². The average molecular weight is 436 g/mol. The van der Waals surface area contributed by atoms with Gasteiger partial charge in [-0.15, -0.1) is 0 Å². The first kappa shape index (κ1) is 21.8. The third-order valence-electron chi connectivity index (χ3n) is 5.19. The van der Waals surface area contributed by atoms with Gasteiger partial charge in [0, 0.05) is 17.3 Å². The van der Waals surface area contributed by atoms with E-state index in [2.05, 4.69) is 9.98 Å². The van der Waals surface area contributed by atoms with Gasteiger partial charge in [0.1, 0.15) is 12.3 Å². The Morgan fingerprint density at radius 1 is 1.20 bits per heavy atom. The Hall–Kier alpha value is -2.92. The highest BCUT2D eigenvalue weighted by molar-refractivity contribution is 7.89. The molecule has 6 N–H and O–H groups in total. The number of nitrogens with zero attached hydrogens (tertiary/aromatic N) is 3. The number of carbonyl (C=O) groups is 1. The van der Waals surface area contributed by atoms with Crippen LogP contribution < -0.4 is 11.5 Å². The first-order valence-corrected chi connectivity index (χ1v) is 11.1. The molecule has 0 unspecified atom stereocenters. The minimum Gasteiger partial charge on any atom is -0.506 e. The molecule has 10 nitrogen and oxygen atoms in total. The largest absolute Gasteiger partial charge is 0.506 e. The van der Waals surface area contributed by atoms with Crippen LogP contribution in [-0.2, 0) is 14.8 Å². The number of sulfonamides is 1. The van der Waals surface area contributed by atoms with E-state index in [4.69, 9.17) is 11.5 Å². The predicted molar refractivity (Wildman–Crippen MR) is 112 cm³/mol. The lowest BCUT2D eigenvalue weighted by Crippen LogP contribution is -2.39. The second-order valence-corrected chi connectivity index (χ2v) is 9.34. The van der Waals surface area contributed by atoms with Crippen LogP contribution in [0.4, 0.5) is 5.82 Å². The van der Waals surface area contributed by atoms with Crippen LogP contribution in [0.1, 0.15) is 32.1 Å². The highest BCUT2D eigenvalue weighted by Crippen LogP contribution is 2.33. The average Bonchev–Trinajstić information content (AvgIpc) is 2.69. The molecule has 0 spiro atoms. The van der Waals surface area contributed by atoms with Gasteiger partial charge in [0.2, 0.25) is 10.0 Å². The number of carboxylic acid groups (broad SMARTS) is 1. The summed E-state index contributed by atoms with van der Waals surface area (Å²) in [7, 11) is -4.11. The number of aromatic hydroxyl groups is 1. The molecule has 1 aromatic heterocycles. The van der Waals surface area contributed by atoms with Crippen molar-refractivity contribution < 1.29 is 23.4 Å². The standard InChI is InChI=1S/C19H25N5O5S/c20-19(21)23-18-15-8-13(6-7-14(15)16(25)9-22-18)30(28,29)24(11-17(26)27)10-12-4-2-1-3-5-12/h6-9,12,25H,1-5,10-11H2,(H,26,27)(H4,20,21,22,23). The fourth-order valence-electron chi connectivity index (χ4n) is 3.77. The third-order valence-corrected chi connectivity index (χ3v) is 7.00. The first-order chi connectivity index (χ1) is 14.2. The summed E-state index contributed by atoms with van der Waals surface area (Å²) < 4.78 is 27.6. The van der Waals surface area contributed by atoms with Crippen LogP contribution in [-0.4, -0.2) is 52.9 Å². The smallest absolute Gasteiger partial charge is 0.318 e. The van der Waals surface area contributed by atoms with Gasteiger partial charge in [0.15, 0.2) is 11.8 Å². The Morgan fingerprint density at radius 2 is 1.90 bits per heavy atom. The van der Waals surface area contributed by atoms with Crippen LogP contribution in [0.15, 0.2) is 34.3 Å². The van der Waals surface area contributed by atoms with E-state index in [0.29, 0.717) is 5.39 Å². The molecule has 1 fully saturated rings. The van der Waals surface area contributed by atoms with Crippen LogP contribution in [0.2, 0.25) is 0 Å². The van der Waals surface area contributed by atoms with E-state index in [0.717, 1.165) is 42.6 Å². The lowest BCUT2D eigenvalue weighted by Gasteiger charge is -2.28. The van der Waals surface area contributed by atoms with Gasteiger partial charge in [-0.05, 0) is 37.0 Å². The summed E-state index contributed by atoms with van der Waals surface area (Å²) in [6, 6.07) is 4.05. The van der Waals surface area contributed by atoms with E-state index >= 15 is 0 Å². The van der Waals surface area contributed by atoms with Crippen molar-refractivity contribution in [3.05, 3.63) is 24.4 Å². The van der Waals surface area contributed by atoms with Crippen LogP contribution in [0.3, 0.4) is 0 Å². The molecule has 0 aliphatic heterocycles. The topological polar surface area (TPSA) is 172 Å². The van der Waals surface area contributed by atoms with Crippen molar-refractivity contribution in [3.8, 4) is 5.75 Å². The van der Waals surface area contributed by atoms with Gasteiger partial charge in [-0.25, -0.2) is 13.4 Å². The van der Waals surface area contributed by atoms with Crippen molar-refractivity contribution in [3.63, 3.8) is 0 Å². The van der Waals surface area contributed by atoms with Crippen molar-refractivity contribution in [2.45, 2.75) is 37.0 Å². The Kier molecular flexibility index (Phi) is 6.42. The number of rotatable bonds is 7. The fourth-order valence-corrected chi connectivity index (χ4v) is 5.26. The van der Waals surface area contributed by atoms with Crippen LogP contribution in [0, 0.1) is 5.92 Å². The molecule has 1 heterocycles. The number of benzene rings is 1. The summed E-state index contributed by atoms with van der Waals surface area (Å²) in [4.78, 5) is 19.1. The van der Waals surface area contributed by atoms with E-state index in [1.165, 1.54) is 18.2 Å². The van der Waals surface area contributed by atoms with Gasteiger partial charge >= 0.3 is 5.97 Å². The zero-order valence-corrected chi connectivity index (χ0v) is 17.2. The van der Waals surface area contributed by atoms with E-state index < -0.39 is 22.5 Å². The third kappa shape index (κ3) is 4.79. The predicted octanol–water partition coefficient (Wildman–Crippen LogP) is 1.50. The molecular formula is C19H25N5O5S. The van der Waals surface area contributed by atoms with Gasteiger partial charge in [0.05, 0.1) is 11.1 Å². The summed E-state index contributed by atoms with van der Waals surface area (Å²) in [5, 5.41) is 19.9. The van der Waals surface area contributed by atoms with Gasteiger partial charge in [-0.2, -0.15) is 9.30 Å². The Bertz CT molecular complexity index is 1080. The van der Waals surface area contributed by atoms with Crippen molar-refractivity contribution in [2.24, 2.45) is 22.4 Å². The van der Waals surface area contributed by atoms with E-state index in [1.54, 1.807) is 0 Å². The van der Waals surface area contributed by atoms with Gasteiger partial charge in [-0.3, -0.25) is 4.79 Å². The molecule has 1 aromatic carbocycles. The van der Waals surface area contributed by atoms with Gasteiger partial charge in [-0.1, -0.05) is 19.3 Å². The monoisotopic (exact) mass is 435 g/mol. The number of aliphatic carboxylic acids is 1. The van der Waals surface area contributed by atoms with Crippen molar-refractivity contribution in [2.75, 3.05) is 13.1 Å². The minimum atomic E-state index is -4.11. The Balaban J connectivity index is 2.05. The number of aliphatic imine (C=N–C) groups is 1.